The van der Waals surface area contributed by atoms with E-state index in [0.717, 1.165) is 37.5 Å². The minimum absolute atomic E-state index is 0.241. The molecule has 0 saturated carbocycles. The average Bonchev–Trinajstić information content (AvgIpc) is 2.69. The molecule has 1 atom stereocenters. The average molecular weight is 399 g/mol. The van der Waals surface area contributed by atoms with E-state index in [1.165, 1.54) is 12.1 Å². The monoisotopic (exact) mass is 399 g/mol. The normalized spacial score (nSPS) is 17.1. The zero-order valence-electron chi connectivity index (χ0n) is 16.5. The molecule has 3 rings (SSSR count). The SMILES string of the molecule is CN=C(NCc1cccnc1Oc1cccc(F)c1)N1CCCC(CC(N)=O)C1. The van der Waals surface area contributed by atoms with Crippen LogP contribution in [-0.4, -0.2) is 41.9 Å². The van der Waals surface area contributed by atoms with Crippen LogP contribution in [0.3, 0.4) is 0 Å². The molecule has 0 spiro atoms. The van der Waals surface area contributed by atoms with E-state index in [-0.39, 0.29) is 17.6 Å². The number of ether oxygens (including phenoxy) is 1. The quantitative estimate of drug-likeness (QED) is 0.575. The van der Waals surface area contributed by atoms with Gasteiger partial charge in [-0.05, 0) is 37.0 Å². The number of rotatable bonds is 6. The first-order chi connectivity index (χ1) is 14.0. The summed E-state index contributed by atoms with van der Waals surface area (Å²) in [6, 6.07) is 9.67. The van der Waals surface area contributed by atoms with Gasteiger partial charge in [0.05, 0.1) is 0 Å². The number of amides is 1. The Morgan fingerprint density at radius 2 is 2.28 bits per heavy atom. The molecule has 0 aliphatic carbocycles. The van der Waals surface area contributed by atoms with Gasteiger partial charge in [-0.2, -0.15) is 0 Å². The molecule has 29 heavy (non-hydrogen) atoms. The molecule has 0 radical (unpaired) electrons. The molecule has 154 valence electrons. The molecule has 0 bridgehead atoms. The third-order valence-electron chi connectivity index (χ3n) is 4.82. The summed E-state index contributed by atoms with van der Waals surface area (Å²) in [4.78, 5) is 22.0. The van der Waals surface area contributed by atoms with Crippen LogP contribution in [-0.2, 0) is 11.3 Å². The zero-order valence-corrected chi connectivity index (χ0v) is 16.5. The molecule has 1 unspecified atom stereocenters. The highest BCUT2D eigenvalue weighted by Crippen LogP contribution is 2.24. The summed E-state index contributed by atoms with van der Waals surface area (Å²) in [7, 11) is 1.73. The van der Waals surface area contributed by atoms with Crippen molar-refractivity contribution in [3.63, 3.8) is 0 Å². The topological polar surface area (TPSA) is 92.8 Å². The van der Waals surface area contributed by atoms with E-state index in [1.807, 2.05) is 12.1 Å². The van der Waals surface area contributed by atoms with Crippen molar-refractivity contribution in [3.05, 3.63) is 54.0 Å². The van der Waals surface area contributed by atoms with Gasteiger partial charge >= 0.3 is 0 Å². The van der Waals surface area contributed by atoms with Gasteiger partial charge in [0, 0.05) is 50.9 Å². The lowest BCUT2D eigenvalue weighted by molar-refractivity contribution is -0.119. The van der Waals surface area contributed by atoms with Crippen LogP contribution in [0, 0.1) is 11.7 Å². The van der Waals surface area contributed by atoms with Crippen LogP contribution in [0.2, 0.25) is 0 Å². The van der Waals surface area contributed by atoms with Crippen LogP contribution >= 0.6 is 0 Å². The number of likely N-dealkylation sites (tertiary alicyclic amines) is 1. The van der Waals surface area contributed by atoms with Gasteiger partial charge in [0.2, 0.25) is 11.8 Å². The molecule has 7 nitrogen and oxygen atoms in total. The van der Waals surface area contributed by atoms with Crippen LogP contribution in [0.5, 0.6) is 11.6 Å². The van der Waals surface area contributed by atoms with Crippen molar-refractivity contribution >= 4 is 11.9 Å². The van der Waals surface area contributed by atoms with Gasteiger partial charge in [-0.1, -0.05) is 12.1 Å². The molecule has 1 fully saturated rings. The maximum Gasteiger partial charge on any atom is 0.224 e. The first-order valence-corrected chi connectivity index (χ1v) is 9.66. The second-order valence-corrected chi connectivity index (χ2v) is 7.05. The lowest BCUT2D eigenvalue weighted by Crippen LogP contribution is -2.46. The highest BCUT2D eigenvalue weighted by atomic mass is 19.1. The number of aromatic nitrogens is 1. The Morgan fingerprint density at radius 1 is 1.41 bits per heavy atom. The van der Waals surface area contributed by atoms with E-state index in [0.29, 0.717) is 24.6 Å². The summed E-state index contributed by atoms with van der Waals surface area (Å²) in [5, 5.41) is 3.33. The lowest BCUT2D eigenvalue weighted by Gasteiger charge is -2.34. The maximum absolute atomic E-state index is 13.4. The van der Waals surface area contributed by atoms with Crippen LogP contribution in [0.25, 0.3) is 0 Å². The van der Waals surface area contributed by atoms with Crippen LogP contribution in [0.1, 0.15) is 24.8 Å². The number of benzene rings is 1. The third-order valence-corrected chi connectivity index (χ3v) is 4.82. The number of nitrogens with two attached hydrogens (primary N) is 1. The summed E-state index contributed by atoms with van der Waals surface area (Å²) in [5.41, 5.74) is 6.18. The molecule has 2 aromatic rings. The number of piperidine rings is 1. The van der Waals surface area contributed by atoms with E-state index >= 15 is 0 Å². The molecular weight excluding hydrogens is 373 g/mol. The number of pyridine rings is 1. The number of aliphatic imine (C=N–C) groups is 1. The van der Waals surface area contributed by atoms with Crippen molar-refractivity contribution in [2.24, 2.45) is 16.6 Å². The predicted molar refractivity (Wildman–Crippen MR) is 109 cm³/mol. The Bertz CT molecular complexity index is 874. The Hall–Kier alpha value is -3.16. The Labute approximate surface area is 169 Å². The van der Waals surface area contributed by atoms with Crippen molar-refractivity contribution in [2.45, 2.75) is 25.8 Å². The van der Waals surface area contributed by atoms with Crippen LogP contribution in [0.4, 0.5) is 4.39 Å². The fourth-order valence-corrected chi connectivity index (χ4v) is 3.51. The number of halogens is 1. The van der Waals surface area contributed by atoms with E-state index in [1.54, 1.807) is 25.4 Å². The van der Waals surface area contributed by atoms with E-state index < -0.39 is 0 Å². The van der Waals surface area contributed by atoms with Gasteiger partial charge in [-0.3, -0.25) is 9.79 Å². The van der Waals surface area contributed by atoms with Crippen molar-refractivity contribution in [2.75, 3.05) is 20.1 Å². The molecule has 1 aromatic heterocycles. The number of nitrogens with zero attached hydrogens (tertiary/aromatic N) is 3. The number of hydrogen-bond acceptors (Lipinski definition) is 4. The second-order valence-electron chi connectivity index (χ2n) is 7.05. The highest BCUT2D eigenvalue weighted by Gasteiger charge is 2.23. The molecular formula is C21H26FN5O2. The Kier molecular flexibility index (Phi) is 6.99. The summed E-state index contributed by atoms with van der Waals surface area (Å²) in [5.74, 6) is 1.15. The number of primary amides is 1. The zero-order chi connectivity index (χ0) is 20.6. The van der Waals surface area contributed by atoms with Crippen molar-refractivity contribution in [3.8, 4) is 11.6 Å². The minimum atomic E-state index is -0.367. The number of nitrogens with one attached hydrogen (secondary N) is 1. The van der Waals surface area contributed by atoms with Crippen molar-refractivity contribution in [1.82, 2.24) is 15.2 Å². The van der Waals surface area contributed by atoms with E-state index in [4.69, 9.17) is 10.5 Å². The smallest absolute Gasteiger partial charge is 0.224 e. The molecule has 1 amide bonds. The first-order valence-electron chi connectivity index (χ1n) is 9.66. The highest BCUT2D eigenvalue weighted by molar-refractivity contribution is 5.80. The number of carbonyl (C=O) groups excluding carboxylic acids is 1. The summed E-state index contributed by atoms with van der Waals surface area (Å²) in [6.45, 7) is 2.05. The summed E-state index contributed by atoms with van der Waals surface area (Å²) < 4.78 is 19.2. The molecule has 8 heteroatoms. The van der Waals surface area contributed by atoms with Gasteiger partial charge in [0.1, 0.15) is 11.6 Å². The van der Waals surface area contributed by atoms with Gasteiger partial charge in [0.25, 0.3) is 0 Å². The van der Waals surface area contributed by atoms with Crippen molar-refractivity contribution in [1.29, 1.82) is 0 Å². The standard InChI is InChI=1S/C21H26FN5O2/c1-24-21(27-10-4-5-15(14-27)11-19(23)28)26-13-16-6-3-9-25-20(16)29-18-8-2-7-17(22)12-18/h2-3,6-9,12,15H,4-5,10-11,13-14H2,1H3,(H2,23,28)(H,24,26). The van der Waals surface area contributed by atoms with Crippen LogP contribution in [0.15, 0.2) is 47.6 Å². The molecule has 1 aromatic carbocycles. The molecule has 1 aliphatic heterocycles. The van der Waals surface area contributed by atoms with E-state index in [2.05, 4.69) is 20.2 Å². The summed E-state index contributed by atoms with van der Waals surface area (Å²) in [6.07, 6.45) is 4.00. The minimum Gasteiger partial charge on any atom is -0.439 e. The molecule has 1 saturated heterocycles. The fourth-order valence-electron chi connectivity index (χ4n) is 3.51. The van der Waals surface area contributed by atoms with Gasteiger partial charge < -0.3 is 20.7 Å². The largest absolute Gasteiger partial charge is 0.439 e. The lowest BCUT2D eigenvalue weighted by atomic mass is 9.95. The molecule has 3 N–H and O–H groups in total. The summed E-state index contributed by atoms with van der Waals surface area (Å²) >= 11 is 0. The maximum atomic E-state index is 13.4. The first kappa shape index (κ1) is 20.6. The van der Waals surface area contributed by atoms with E-state index in [9.17, 15) is 9.18 Å². The molecule has 1 aliphatic rings. The predicted octanol–water partition coefficient (Wildman–Crippen LogP) is 2.68. The van der Waals surface area contributed by atoms with Crippen molar-refractivity contribution < 1.29 is 13.9 Å². The Morgan fingerprint density at radius 3 is 3.03 bits per heavy atom. The third kappa shape index (κ3) is 5.91. The second kappa shape index (κ2) is 9.86. The van der Waals surface area contributed by atoms with Gasteiger partial charge in [-0.25, -0.2) is 9.37 Å². The van der Waals surface area contributed by atoms with Crippen LogP contribution < -0.4 is 15.8 Å². The fraction of sp³-hybridized carbons (Fsp3) is 0.381. The number of carbonyl (C=O) groups is 1. The van der Waals surface area contributed by atoms with Gasteiger partial charge in [0.15, 0.2) is 5.96 Å². The molecule has 2 heterocycles. The Balaban J connectivity index is 1.65. The number of hydrogen-bond donors (Lipinski definition) is 2. The number of guanidine groups is 1. The van der Waals surface area contributed by atoms with Gasteiger partial charge in [-0.15, -0.1) is 0 Å².